The van der Waals surface area contributed by atoms with Crippen molar-refractivity contribution in [3.63, 3.8) is 0 Å². The lowest BCUT2D eigenvalue weighted by molar-refractivity contribution is 0.448. The quantitative estimate of drug-likeness (QED) is 0.539. The third-order valence-electron chi connectivity index (χ3n) is 4.64. The van der Waals surface area contributed by atoms with Gasteiger partial charge in [0.15, 0.2) is 5.82 Å². The van der Waals surface area contributed by atoms with Gasteiger partial charge in [0.1, 0.15) is 11.2 Å². The largest absolute Gasteiger partial charge is 0.315 e. The van der Waals surface area contributed by atoms with Gasteiger partial charge in [-0.1, -0.05) is 45.0 Å². The second kappa shape index (κ2) is 6.78. The summed E-state index contributed by atoms with van der Waals surface area (Å²) in [4.78, 5) is 11.0. The second-order valence-corrected chi connectivity index (χ2v) is 8.72. The molecule has 6 heteroatoms. The zero-order valence-electron chi connectivity index (χ0n) is 15.3. The normalized spacial score (nSPS) is 15.5. The lowest BCUT2D eigenvalue weighted by Crippen LogP contribution is -2.39. The third-order valence-corrected chi connectivity index (χ3v) is 6.11. The fourth-order valence-corrected chi connectivity index (χ4v) is 3.92. The maximum Gasteiger partial charge on any atom is 0.158 e. The molecular weight excluding hydrogens is 342 g/mol. The summed E-state index contributed by atoms with van der Waals surface area (Å²) in [5.41, 5.74) is 5.63. The molecule has 0 spiro atoms. The predicted octanol–water partition coefficient (Wildman–Crippen LogP) is 4.12. The Morgan fingerprint density at radius 1 is 1.19 bits per heavy atom. The molecule has 0 amide bonds. The van der Waals surface area contributed by atoms with Gasteiger partial charge in [-0.05, 0) is 22.6 Å². The van der Waals surface area contributed by atoms with Crippen LogP contribution < -0.4 is 10.7 Å². The molecule has 26 heavy (non-hydrogen) atoms. The van der Waals surface area contributed by atoms with Gasteiger partial charge in [0, 0.05) is 23.9 Å². The smallest absolute Gasteiger partial charge is 0.158 e. The maximum atomic E-state index is 4.39. The van der Waals surface area contributed by atoms with E-state index in [2.05, 4.69) is 76.9 Å². The Morgan fingerprint density at radius 3 is 2.62 bits per heavy atom. The summed E-state index contributed by atoms with van der Waals surface area (Å²) in [5, 5.41) is 8.69. The first-order chi connectivity index (χ1) is 12.5. The van der Waals surface area contributed by atoms with E-state index >= 15 is 0 Å². The van der Waals surface area contributed by atoms with Gasteiger partial charge in [-0.2, -0.15) is 5.10 Å². The van der Waals surface area contributed by atoms with Crippen LogP contribution >= 0.6 is 11.3 Å². The van der Waals surface area contributed by atoms with Gasteiger partial charge in [-0.15, -0.1) is 11.3 Å². The van der Waals surface area contributed by atoms with Gasteiger partial charge in [-0.25, -0.2) is 9.97 Å². The molecule has 3 heterocycles. The number of hydrogen-bond donors (Lipinski definition) is 2. The van der Waals surface area contributed by atoms with Gasteiger partial charge >= 0.3 is 0 Å². The summed E-state index contributed by atoms with van der Waals surface area (Å²) >= 11 is 1.71. The highest BCUT2D eigenvalue weighted by atomic mass is 32.1. The zero-order chi connectivity index (χ0) is 18.1. The van der Waals surface area contributed by atoms with Crippen LogP contribution in [0.2, 0.25) is 0 Å². The van der Waals surface area contributed by atoms with E-state index in [1.54, 1.807) is 17.7 Å². The van der Waals surface area contributed by atoms with Crippen molar-refractivity contribution in [1.82, 2.24) is 15.3 Å². The summed E-state index contributed by atoms with van der Waals surface area (Å²) < 4.78 is 0. The zero-order valence-corrected chi connectivity index (χ0v) is 16.1. The first kappa shape index (κ1) is 17.1. The Bertz CT molecular complexity index is 933. The highest BCUT2D eigenvalue weighted by molar-refractivity contribution is 7.18. The molecule has 0 radical (unpaired) electrons. The molecule has 1 aromatic carbocycles. The number of fused-ring (bicyclic) bond motifs is 1. The number of nitrogens with zero attached hydrogens (tertiary/aromatic N) is 3. The fraction of sp³-hybridized carbons (Fsp3) is 0.350. The fourth-order valence-electron chi connectivity index (χ4n) is 2.86. The Morgan fingerprint density at radius 2 is 1.96 bits per heavy atom. The molecule has 4 rings (SSSR count). The number of anilines is 1. The monoisotopic (exact) mass is 365 g/mol. The van der Waals surface area contributed by atoms with Crippen molar-refractivity contribution >= 4 is 33.6 Å². The first-order valence-electron chi connectivity index (χ1n) is 8.85. The van der Waals surface area contributed by atoms with E-state index < -0.39 is 0 Å². The van der Waals surface area contributed by atoms with E-state index in [1.807, 2.05) is 6.21 Å². The number of thiophene rings is 1. The molecule has 1 aliphatic heterocycles. The summed E-state index contributed by atoms with van der Waals surface area (Å²) in [6.07, 6.45) is 3.42. The molecule has 1 aliphatic rings. The molecule has 1 fully saturated rings. The molecule has 0 bridgehead atoms. The van der Waals surface area contributed by atoms with Crippen LogP contribution in [-0.4, -0.2) is 29.3 Å². The van der Waals surface area contributed by atoms with Gasteiger partial charge in [0.05, 0.1) is 11.6 Å². The minimum atomic E-state index is 0.101. The first-order valence-corrected chi connectivity index (χ1v) is 9.67. The van der Waals surface area contributed by atoms with Crippen molar-refractivity contribution in [2.24, 2.45) is 5.10 Å². The highest BCUT2D eigenvalue weighted by Gasteiger charge is 2.19. The summed E-state index contributed by atoms with van der Waals surface area (Å²) in [5.74, 6) is 1.40. The van der Waals surface area contributed by atoms with Crippen molar-refractivity contribution in [1.29, 1.82) is 0 Å². The van der Waals surface area contributed by atoms with Crippen LogP contribution in [0.1, 0.15) is 42.7 Å². The molecule has 0 saturated carbocycles. The van der Waals surface area contributed by atoms with Crippen LogP contribution in [0.4, 0.5) is 5.82 Å². The molecule has 3 aromatic rings. The lowest BCUT2D eigenvalue weighted by Gasteiger charge is -2.27. The predicted molar refractivity (Wildman–Crippen MR) is 109 cm³/mol. The summed E-state index contributed by atoms with van der Waals surface area (Å²) in [6, 6.07) is 10.8. The molecular formula is C20H23N5S. The van der Waals surface area contributed by atoms with Crippen molar-refractivity contribution in [3.8, 4) is 0 Å². The van der Waals surface area contributed by atoms with Crippen molar-refractivity contribution in [3.05, 3.63) is 52.7 Å². The number of hydrazone groups is 1. The average molecular weight is 366 g/mol. The Hall–Kier alpha value is -2.31. The number of benzene rings is 1. The summed E-state index contributed by atoms with van der Waals surface area (Å²) in [6.45, 7) is 8.78. The molecule has 5 nitrogen and oxygen atoms in total. The topological polar surface area (TPSA) is 62.2 Å². The van der Waals surface area contributed by atoms with E-state index in [-0.39, 0.29) is 5.41 Å². The standard InChI is InChI=1S/C20H23N5S/c1-20(2,3)17-8-16-18(22-12-23-19(16)26-17)25-24-9-13-4-6-14(7-5-13)15-10-21-11-15/h4-9,12,15,21H,10-11H2,1-3H3,(H,22,23,25). The average Bonchev–Trinajstić information content (AvgIpc) is 3.00. The molecule has 2 N–H and O–H groups in total. The van der Waals surface area contributed by atoms with Crippen LogP contribution in [0.5, 0.6) is 0 Å². The van der Waals surface area contributed by atoms with E-state index in [4.69, 9.17) is 0 Å². The SMILES string of the molecule is CC(C)(C)c1cc2c(NN=Cc3ccc(C4CNC4)cc3)ncnc2s1. The van der Waals surface area contributed by atoms with Crippen molar-refractivity contribution < 1.29 is 0 Å². The van der Waals surface area contributed by atoms with Crippen LogP contribution in [-0.2, 0) is 5.41 Å². The molecule has 1 saturated heterocycles. The Balaban J connectivity index is 1.50. The second-order valence-electron chi connectivity index (χ2n) is 7.69. The highest BCUT2D eigenvalue weighted by Crippen LogP contribution is 2.35. The summed E-state index contributed by atoms with van der Waals surface area (Å²) in [7, 11) is 0. The Labute approximate surface area is 157 Å². The minimum Gasteiger partial charge on any atom is -0.315 e. The van der Waals surface area contributed by atoms with Gasteiger partial charge in [-0.3, -0.25) is 5.43 Å². The van der Waals surface area contributed by atoms with Crippen molar-refractivity contribution in [2.75, 3.05) is 18.5 Å². The number of nitrogens with one attached hydrogen (secondary N) is 2. The van der Waals surface area contributed by atoms with E-state index in [1.165, 1.54) is 10.4 Å². The van der Waals surface area contributed by atoms with Gasteiger partial charge in [0.2, 0.25) is 0 Å². The molecule has 0 aliphatic carbocycles. The molecule has 0 atom stereocenters. The van der Waals surface area contributed by atoms with Crippen LogP contribution in [0, 0.1) is 0 Å². The molecule has 0 unspecified atom stereocenters. The van der Waals surface area contributed by atoms with E-state index in [0.717, 1.165) is 34.7 Å². The van der Waals surface area contributed by atoms with E-state index in [0.29, 0.717) is 5.92 Å². The van der Waals surface area contributed by atoms with Crippen molar-refractivity contribution in [2.45, 2.75) is 32.1 Å². The lowest BCUT2D eigenvalue weighted by atomic mass is 9.93. The minimum absolute atomic E-state index is 0.101. The maximum absolute atomic E-state index is 4.39. The van der Waals surface area contributed by atoms with Gasteiger partial charge in [0.25, 0.3) is 0 Å². The Kier molecular flexibility index (Phi) is 4.46. The van der Waals surface area contributed by atoms with Gasteiger partial charge < -0.3 is 5.32 Å². The van der Waals surface area contributed by atoms with Crippen LogP contribution in [0.15, 0.2) is 41.8 Å². The third kappa shape index (κ3) is 3.48. The molecule has 134 valence electrons. The number of rotatable bonds is 4. The van der Waals surface area contributed by atoms with E-state index in [9.17, 15) is 0 Å². The van der Waals surface area contributed by atoms with Crippen LogP contribution in [0.25, 0.3) is 10.2 Å². The number of aromatic nitrogens is 2. The molecule has 2 aromatic heterocycles. The van der Waals surface area contributed by atoms with Crippen LogP contribution in [0.3, 0.4) is 0 Å². The number of hydrogen-bond acceptors (Lipinski definition) is 6.